The Morgan fingerprint density at radius 3 is 2.33 bits per heavy atom. The summed E-state index contributed by atoms with van der Waals surface area (Å²) in [7, 11) is 1.65. The highest BCUT2D eigenvalue weighted by Gasteiger charge is 2.62. The van der Waals surface area contributed by atoms with Gasteiger partial charge in [0, 0.05) is 42.9 Å². The second-order valence-corrected chi connectivity index (χ2v) is 13.3. The van der Waals surface area contributed by atoms with Gasteiger partial charge in [-0.1, -0.05) is 42.3 Å². The van der Waals surface area contributed by atoms with Crippen LogP contribution in [-0.2, 0) is 25.2 Å². The number of nitrogens with zero attached hydrogens (tertiary/aromatic N) is 3. The number of amides is 2. The van der Waals surface area contributed by atoms with Gasteiger partial charge in [-0.3, -0.25) is 14.5 Å². The number of rotatable bonds is 7. The van der Waals surface area contributed by atoms with E-state index in [0.717, 1.165) is 28.3 Å². The molecular weight excluding hydrogens is 590 g/mol. The van der Waals surface area contributed by atoms with Crippen molar-refractivity contribution in [3.63, 3.8) is 0 Å². The maximum atomic E-state index is 15.3. The number of hydrogen-bond donors (Lipinski definition) is 0. The first-order valence-corrected chi connectivity index (χ1v) is 15.9. The number of methoxy groups -OCH3 is 2. The Morgan fingerprint density at radius 2 is 1.67 bits per heavy atom. The van der Waals surface area contributed by atoms with Crippen LogP contribution in [0.1, 0.15) is 41.5 Å². The molecule has 1 saturated heterocycles. The van der Waals surface area contributed by atoms with Crippen molar-refractivity contribution >= 4 is 39.1 Å². The molecule has 0 radical (unpaired) electrons. The minimum atomic E-state index is -4.55. The molecule has 0 spiro atoms. The first kappa shape index (κ1) is 30.8. The summed E-state index contributed by atoms with van der Waals surface area (Å²) < 4.78 is 40.9. The van der Waals surface area contributed by atoms with Crippen LogP contribution >= 0.6 is 11.6 Å². The smallest absolute Gasteiger partial charge is 0.274 e. The van der Waals surface area contributed by atoms with Gasteiger partial charge in [0.15, 0.2) is 5.54 Å². The third-order valence-electron chi connectivity index (χ3n) is 8.53. The van der Waals surface area contributed by atoms with Crippen molar-refractivity contribution in [3.8, 4) is 11.5 Å². The molecule has 43 heavy (non-hydrogen) atoms. The number of likely N-dealkylation sites (N-methyl/N-ethyl adjacent to an activating group) is 1. The molecule has 2 aliphatic rings. The maximum Gasteiger partial charge on any atom is 0.274 e. The summed E-state index contributed by atoms with van der Waals surface area (Å²) in [5, 5.41) is 0.294. The van der Waals surface area contributed by atoms with Gasteiger partial charge in [0.2, 0.25) is 5.91 Å². The maximum absolute atomic E-state index is 15.3. The number of halogens is 1. The van der Waals surface area contributed by atoms with E-state index < -0.39 is 27.5 Å². The lowest BCUT2D eigenvalue weighted by Crippen LogP contribution is -2.62. The number of carbonyl (C=O) groups is 2. The number of sulfonamides is 1. The van der Waals surface area contributed by atoms with Crippen LogP contribution in [0.2, 0.25) is 5.02 Å². The number of likely N-dealkylation sites (tertiary alicyclic amines) is 1. The van der Waals surface area contributed by atoms with Crippen molar-refractivity contribution in [1.29, 1.82) is 0 Å². The lowest BCUT2D eigenvalue weighted by molar-refractivity contribution is -0.142. The van der Waals surface area contributed by atoms with Gasteiger partial charge in [0.1, 0.15) is 16.4 Å². The predicted octanol–water partition coefficient (Wildman–Crippen LogP) is 4.90. The first-order chi connectivity index (χ1) is 20.4. The number of fused-ring (bicyclic) bond motifs is 1. The second kappa shape index (κ2) is 11.5. The fraction of sp³-hybridized carbons (Fsp3) is 0.375. The lowest BCUT2D eigenvalue weighted by atomic mass is 9.78. The molecule has 0 aliphatic carbocycles. The predicted molar refractivity (Wildman–Crippen MR) is 165 cm³/mol. The molecule has 0 saturated carbocycles. The third kappa shape index (κ3) is 4.76. The molecule has 2 atom stereocenters. The van der Waals surface area contributed by atoms with Crippen LogP contribution < -0.4 is 13.8 Å². The fourth-order valence-corrected chi connectivity index (χ4v) is 8.16. The first-order valence-electron chi connectivity index (χ1n) is 14.1. The lowest BCUT2D eigenvalue weighted by Gasteiger charge is -2.47. The molecule has 0 N–H and O–H groups in total. The van der Waals surface area contributed by atoms with E-state index >= 15 is 4.79 Å². The summed E-state index contributed by atoms with van der Waals surface area (Å²) in [6.07, 6.45) is 2.02. The molecule has 2 unspecified atom stereocenters. The van der Waals surface area contributed by atoms with E-state index in [2.05, 4.69) is 0 Å². The van der Waals surface area contributed by atoms with Crippen molar-refractivity contribution in [2.75, 3.05) is 39.2 Å². The summed E-state index contributed by atoms with van der Waals surface area (Å²) in [5.41, 5.74) is 1.08. The zero-order chi connectivity index (χ0) is 31.3. The molecule has 2 amide bonds. The molecule has 228 valence electrons. The van der Waals surface area contributed by atoms with Crippen LogP contribution in [0.5, 0.6) is 11.5 Å². The van der Waals surface area contributed by atoms with Gasteiger partial charge in [-0.2, -0.15) is 0 Å². The van der Waals surface area contributed by atoms with E-state index in [1.807, 2.05) is 24.8 Å². The minimum absolute atomic E-state index is 0.0337. The molecule has 2 aliphatic heterocycles. The van der Waals surface area contributed by atoms with Gasteiger partial charge in [-0.05, 0) is 62.1 Å². The molecule has 5 rings (SSSR count). The Hall–Kier alpha value is -3.60. The topological polar surface area (TPSA) is 96.5 Å². The van der Waals surface area contributed by atoms with Crippen LogP contribution in [0.4, 0.5) is 5.69 Å². The highest BCUT2D eigenvalue weighted by atomic mass is 35.5. The normalized spacial score (nSPS) is 20.6. The van der Waals surface area contributed by atoms with Crippen LogP contribution in [0.15, 0.2) is 59.5 Å². The fourth-order valence-electron chi connectivity index (χ4n) is 6.29. The van der Waals surface area contributed by atoms with E-state index in [4.69, 9.17) is 21.1 Å². The van der Waals surface area contributed by atoms with Crippen LogP contribution in [0.25, 0.3) is 0 Å². The van der Waals surface area contributed by atoms with Gasteiger partial charge >= 0.3 is 0 Å². The molecule has 11 heteroatoms. The Morgan fingerprint density at radius 1 is 0.977 bits per heavy atom. The number of carbonyl (C=O) groups excluding carboxylic acids is 2. The number of hydrogen-bond acceptors (Lipinski definition) is 7. The Bertz CT molecular complexity index is 1710. The van der Waals surface area contributed by atoms with Crippen LogP contribution in [-0.4, -0.2) is 70.9 Å². The zero-order valence-electron chi connectivity index (χ0n) is 25.2. The summed E-state index contributed by atoms with van der Waals surface area (Å²) >= 11 is 6.89. The van der Waals surface area contributed by atoms with Crippen molar-refractivity contribution in [2.45, 2.75) is 49.6 Å². The highest BCUT2D eigenvalue weighted by molar-refractivity contribution is 7.93. The standard InChI is InChI=1S/C32H36ClN3O6S/c1-20-17-24-27(18-21(20)2)36(43(39,40)29-15-14-22(41-5)19-28(29)42-6)31(38)32(24,23-11-7-8-12-25(23)33)35-16-10-9-13-26(35)30(37)34(3)4/h7-8,11-12,14-15,17-19,26H,9-10,13,16H2,1-6H3. The largest absolute Gasteiger partial charge is 0.497 e. The molecule has 3 aromatic rings. The molecule has 9 nitrogen and oxygen atoms in total. The van der Waals surface area contributed by atoms with Gasteiger partial charge in [0.25, 0.3) is 15.9 Å². The van der Waals surface area contributed by atoms with E-state index in [1.54, 1.807) is 44.4 Å². The molecule has 3 aromatic carbocycles. The number of ether oxygens (including phenoxy) is 2. The van der Waals surface area contributed by atoms with E-state index in [0.29, 0.717) is 34.9 Å². The SMILES string of the molecule is COc1ccc(S(=O)(=O)N2C(=O)C(c3ccccc3Cl)(N3CCCCC3C(=O)N(C)C)c3cc(C)c(C)cc32)c(OC)c1. The second-order valence-electron chi connectivity index (χ2n) is 11.2. The summed E-state index contributed by atoms with van der Waals surface area (Å²) in [5.74, 6) is -0.454. The van der Waals surface area contributed by atoms with Crippen molar-refractivity contribution < 1.29 is 27.5 Å². The van der Waals surface area contributed by atoms with Crippen molar-refractivity contribution in [1.82, 2.24) is 9.80 Å². The monoisotopic (exact) mass is 625 g/mol. The van der Waals surface area contributed by atoms with Crippen LogP contribution in [0.3, 0.4) is 0 Å². The van der Waals surface area contributed by atoms with Crippen molar-refractivity contribution in [2.24, 2.45) is 0 Å². The minimum Gasteiger partial charge on any atom is -0.497 e. The highest BCUT2D eigenvalue weighted by Crippen LogP contribution is 2.54. The molecule has 1 fully saturated rings. The average Bonchev–Trinajstić information content (AvgIpc) is 3.24. The summed E-state index contributed by atoms with van der Waals surface area (Å²) in [6, 6.07) is 14.2. The Kier molecular flexibility index (Phi) is 8.24. The summed E-state index contributed by atoms with van der Waals surface area (Å²) in [6.45, 7) is 4.17. The third-order valence-corrected chi connectivity index (χ3v) is 10.6. The van der Waals surface area contributed by atoms with Gasteiger partial charge < -0.3 is 14.4 Å². The zero-order valence-corrected chi connectivity index (χ0v) is 26.8. The molecule has 0 bridgehead atoms. The average molecular weight is 626 g/mol. The van der Waals surface area contributed by atoms with E-state index in [1.165, 1.54) is 37.3 Å². The van der Waals surface area contributed by atoms with Gasteiger partial charge in [0.05, 0.1) is 25.9 Å². The van der Waals surface area contributed by atoms with Gasteiger partial charge in [-0.15, -0.1) is 0 Å². The van der Waals surface area contributed by atoms with Crippen molar-refractivity contribution in [3.05, 3.63) is 81.9 Å². The van der Waals surface area contributed by atoms with E-state index in [-0.39, 0.29) is 22.2 Å². The number of anilines is 1. The van der Waals surface area contributed by atoms with E-state index in [9.17, 15) is 13.2 Å². The van der Waals surface area contributed by atoms with Crippen LogP contribution in [0, 0.1) is 13.8 Å². The molecule has 2 heterocycles. The molecule has 0 aromatic heterocycles. The van der Waals surface area contributed by atoms with Gasteiger partial charge in [-0.25, -0.2) is 12.7 Å². The molecular formula is C32H36ClN3O6S. The Balaban J connectivity index is 1.87. The number of aryl methyl sites for hydroxylation is 2. The Labute approximate surface area is 258 Å². The number of piperidine rings is 1. The quantitative estimate of drug-likeness (QED) is 0.369. The summed E-state index contributed by atoms with van der Waals surface area (Å²) in [4.78, 5) is 32.2. The number of benzene rings is 3.